The molecule has 14 heteroatoms. The summed E-state index contributed by atoms with van der Waals surface area (Å²) in [5, 5.41) is 8.82. The van der Waals surface area contributed by atoms with E-state index in [9.17, 15) is 18.0 Å². The van der Waals surface area contributed by atoms with E-state index in [0.717, 1.165) is 53.3 Å². The first-order chi connectivity index (χ1) is 24.6. The van der Waals surface area contributed by atoms with E-state index in [1.54, 1.807) is 18.7 Å². The second-order valence-corrected chi connectivity index (χ2v) is 14.6. The molecule has 51 heavy (non-hydrogen) atoms. The van der Waals surface area contributed by atoms with Crippen molar-refractivity contribution in [1.82, 2.24) is 34.6 Å². The Morgan fingerprint density at radius 1 is 1.10 bits per heavy atom. The van der Waals surface area contributed by atoms with Gasteiger partial charge in [-0.2, -0.15) is 23.3 Å². The van der Waals surface area contributed by atoms with Gasteiger partial charge in [0.1, 0.15) is 11.3 Å². The Labute approximate surface area is 292 Å². The smallest absolute Gasteiger partial charge is 0.422 e. The molecule has 5 aromatic rings. The van der Waals surface area contributed by atoms with Crippen LogP contribution in [0.15, 0.2) is 55.8 Å². The molecule has 1 amide bonds. The summed E-state index contributed by atoms with van der Waals surface area (Å²) in [6, 6.07) is 6.19. The van der Waals surface area contributed by atoms with E-state index >= 15 is 0 Å². The number of carbonyl (C=O) groups is 1. The number of aromatic amines is 1. The maximum Gasteiger partial charge on any atom is 0.422 e. The van der Waals surface area contributed by atoms with Gasteiger partial charge in [-0.15, -0.1) is 0 Å². The van der Waals surface area contributed by atoms with Gasteiger partial charge in [-0.25, -0.2) is 9.97 Å². The van der Waals surface area contributed by atoms with Gasteiger partial charge >= 0.3 is 6.18 Å². The number of nitrogens with one attached hydrogen (secondary N) is 1. The van der Waals surface area contributed by atoms with Crippen molar-refractivity contribution in [1.29, 1.82) is 0 Å². The number of rotatable bonds is 8. The Morgan fingerprint density at radius 2 is 1.88 bits per heavy atom. The van der Waals surface area contributed by atoms with E-state index in [1.807, 2.05) is 34.7 Å². The third-order valence-electron chi connectivity index (χ3n) is 11.2. The highest BCUT2D eigenvalue weighted by atomic mass is 19.4. The minimum atomic E-state index is -4.56. The van der Waals surface area contributed by atoms with Gasteiger partial charge in [0.2, 0.25) is 11.9 Å². The summed E-state index contributed by atoms with van der Waals surface area (Å²) in [7, 11) is 0. The Bertz CT molecular complexity index is 2150. The Hall–Kier alpha value is -5.14. The highest BCUT2D eigenvalue weighted by Gasteiger charge is 2.47. The number of nitrogens with zero attached hydrogens (tertiary/aromatic N) is 8. The molecule has 11 nitrogen and oxygen atoms in total. The topological polar surface area (TPSA) is 108 Å². The third-order valence-corrected chi connectivity index (χ3v) is 11.2. The maximum absolute atomic E-state index is 14.0. The number of aromatic nitrogens is 6. The van der Waals surface area contributed by atoms with Crippen molar-refractivity contribution in [3.05, 3.63) is 66.9 Å². The molecule has 1 spiro atoms. The number of halogens is 3. The van der Waals surface area contributed by atoms with Crippen molar-refractivity contribution in [2.75, 3.05) is 55.7 Å². The lowest BCUT2D eigenvalue weighted by atomic mass is 9.72. The van der Waals surface area contributed by atoms with Crippen molar-refractivity contribution in [2.45, 2.75) is 50.7 Å². The quantitative estimate of drug-likeness (QED) is 0.192. The molecule has 2 aromatic carbocycles. The highest BCUT2D eigenvalue weighted by molar-refractivity contribution is 6.06. The molecule has 0 atom stereocenters. The van der Waals surface area contributed by atoms with Crippen molar-refractivity contribution in [3.63, 3.8) is 0 Å². The Kier molecular flexibility index (Phi) is 7.30. The van der Waals surface area contributed by atoms with Crippen LogP contribution in [0.4, 0.5) is 24.9 Å². The Morgan fingerprint density at radius 3 is 2.57 bits per heavy atom. The predicted octanol–water partition coefficient (Wildman–Crippen LogP) is 6.17. The molecular weight excluding hydrogens is 659 g/mol. The number of hydrogen-bond donors (Lipinski definition) is 1. The number of likely N-dealkylation sites (tertiary alicyclic amines) is 1. The molecule has 1 N–H and O–H groups in total. The largest absolute Gasteiger partial charge is 0.481 e. The van der Waals surface area contributed by atoms with E-state index in [4.69, 9.17) is 14.7 Å². The number of alkyl halides is 3. The molecule has 6 heterocycles. The molecule has 0 unspecified atom stereocenters. The second kappa shape index (κ2) is 11.7. The lowest BCUT2D eigenvalue weighted by Crippen LogP contribution is -2.61. The van der Waals surface area contributed by atoms with Gasteiger partial charge in [0, 0.05) is 73.4 Å². The van der Waals surface area contributed by atoms with Crippen molar-refractivity contribution in [3.8, 4) is 16.9 Å². The normalized spacial score (nSPS) is 19.1. The third kappa shape index (κ3) is 5.55. The fourth-order valence-corrected chi connectivity index (χ4v) is 8.19. The predicted molar refractivity (Wildman–Crippen MR) is 187 cm³/mol. The zero-order valence-corrected chi connectivity index (χ0v) is 28.3. The standard InChI is InChI=1S/C37H38F3N9O2/c1-3-29(50)49-18-36(19-49)8-11-46(12-9-36)34-26-14-25(23-5-6-23)31(30-22(2)4-7-28-27(30)15-42-45-28)33(51-20-37(38,39)40)32(26)43-35(44-34)48-16-24(17-48)47-13-10-41-21-47/h3-4,7,10,13-15,21,23-24H,1,5-6,8-9,11-12,16-20H2,2H3,(H,42,45). The molecule has 0 bridgehead atoms. The van der Waals surface area contributed by atoms with Gasteiger partial charge < -0.3 is 24.0 Å². The Balaban J connectivity index is 1.20. The van der Waals surface area contributed by atoms with E-state index in [2.05, 4.69) is 37.6 Å². The molecule has 1 saturated carbocycles. The summed E-state index contributed by atoms with van der Waals surface area (Å²) in [4.78, 5) is 32.8. The van der Waals surface area contributed by atoms with Gasteiger partial charge in [0.25, 0.3) is 0 Å². The average molecular weight is 698 g/mol. The molecule has 9 rings (SSSR count). The number of aryl methyl sites for hydroxylation is 1. The molecular formula is C37H38F3N9O2. The second-order valence-electron chi connectivity index (χ2n) is 14.6. The summed E-state index contributed by atoms with van der Waals surface area (Å²) in [5.41, 5.74) is 4.52. The maximum atomic E-state index is 14.0. The van der Waals surface area contributed by atoms with Crippen LogP contribution in [-0.4, -0.2) is 92.6 Å². The highest BCUT2D eigenvalue weighted by Crippen LogP contribution is 2.53. The van der Waals surface area contributed by atoms with Crippen LogP contribution in [0.2, 0.25) is 0 Å². The fourth-order valence-electron chi connectivity index (χ4n) is 8.19. The van der Waals surface area contributed by atoms with Gasteiger partial charge in [-0.3, -0.25) is 9.89 Å². The van der Waals surface area contributed by atoms with Crippen LogP contribution >= 0.6 is 0 Å². The van der Waals surface area contributed by atoms with E-state index in [1.165, 1.54) is 6.08 Å². The van der Waals surface area contributed by atoms with Crippen LogP contribution < -0.4 is 14.5 Å². The number of imidazole rings is 1. The molecule has 4 aliphatic rings. The van der Waals surface area contributed by atoms with Crippen LogP contribution in [0, 0.1) is 12.3 Å². The molecule has 4 fully saturated rings. The molecule has 3 aliphatic heterocycles. The first-order valence-electron chi connectivity index (χ1n) is 17.5. The number of piperidine rings is 1. The average Bonchev–Trinajstić information content (AvgIpc) is 3.56. The molecule has 264 valence electrons. The summed E-state index contributed by atoms with van der Waals surface area (Å²) in [6.45, 7) is 8.23. The van der Waals surface area contributed by atoms with Crippen LogP contribution in [0.3, 0.4) is 0 Å². The van der Waals surface area contributed by atoms with Crippen LogP contribution in [0.25, 0.3) is 32.9 Å². The van der Waals surface area contributed by atoms with Crippen LogP contribution in [-0.2, 0) is 4.79 Å². The molecule has 1 aliphatic carbocycles. The van der Waals surface area contributed by atoms with E-state index in [-0.39, 0.29) is 29.0 Å². The lowest BCUT2D eigenvalue weighted by Gasteiger charge is -2.54. The number of benzene rings is 2. The van der Waals surface area contributed by atoms with Crippen LogP contribution in [0.5, 0.6) is 5.75 Å². The first kappa shape index (κ1) is 31.8. The first-order valence-corrected chi connectivity index (χ1v) is 17.5. The monoisotopic (exact) mass is 697 g/mol. The summed E-state index contributed by atoms with van der Waals surface area (Å²) < 4.78 is 50.1. The zero-order valence-electron chi connectivity index (χ0n) is 28.3. The molecule has 3 saturated heterocycles. The van der Waals surface area contributed by atoms with Crippen molar-refractivity contribution >= 4 is 39.5 Å². The summed E-state index contributed by atoms with van der Waals surface area (Å²) in [6.07, 6.45) is 7.60. The minimum Gasteiger partial charge on any atom is -0.481 e. The number of carbonyl (C=O) groups excluding carboxylic acids is 1. The number of fused-ring (bicyclic) bond motifs is 2. The van der Waals surface area contributed by atoms with Gasteiger partial charge in [-0.05, 0) is 73.4 Å². The summed E-state index contributed by atoms with van der Waals surface area (Å²) in [5.74, 6) is 1.42. The molecule has 0 radical (unpaired) electrons. The van der Waals surface area contributed by atoms with E-state index < -0.39 is 12.8 Å². The number of ether oxygens (including phenoxy) is 1. The minimum absolute atomic E-state index is 0.0461. The lowest BCUT2D eigenvalue weighted by molar-refractivity contribution is -0.153. The number of anilines is 2. The number of H-pyrrole nitrogens is 1. The zero-order chi connectivity index (χ0) is 35.1. The van der Waals surface area contributed by atoms with Crippen molar-refractivity contribution in [2.24, 2.45) is 5.41 Å². The van der Waals surface area contributed by atoms with Crippen LogP contribution in [0.1, 0.15) is 48.8 Å². The fraction of sp³-hybridized carbons (Fsp3) is 0.432. The van der Waals surface area contributed by atoms with Crippen molar-refractivity contribution < 1.29 is 22.7 Å². The summed E-state index contributed by atoms with van der Waals surface area (Å²) >= 11 is 0. The number of hydrogen-bond acceptors (Lipinski definition) is 8. The van der Waals surface area contributed by atoms with Gasteiger partial charge in [0.15, 0.2) is 12.4 Å². The SMILES string of the molecule is C=CC(=O)N1CC2(CCN(c3nc(N4CC(n5ccnc5)C4)nc4c(OCC(F)(F)F)c(-c5c(C)ccc6[nH]ncc56)c(C5CC5)cc34)CC2)C1. The number of amides is 1. The van der Waals surface area contributed by atoms with Gasteiger partial charge in [0.05, 0.1) is 24.1 Å². The van der Waals surface area contributed by atoms with Gasteiger partial charge in [-0.1, -0.05) is 12.6 Å². The van der Waals surface area contributed by atoms with E-state index in [0.29, 0.717) is 67.5 Å². The molecule has 3 aromatic heterocycles.